The first-order valence-electron chi connectivity index (χ1n) is 3.04. The number of thioether (sulfide) groups is 1. The first kappa shape index (κ1) is 8.07. The lowest BCUT2D eigenvalue weighted by atomic mass is 10.3. The summed E-state index contributed by atoms with van der Waals surface area (Å²) >= 11 is 1.41. The Morgan fingerprint density at radius 2 is 2.45 bits per heavy atom. The molecule has 11 heavy (non-hydrogen) atoms. The van der Waals surface area contributed by atoms with E-state index in [1.165, 1.54) is 11.8 Å². The normalized spacial score (nSPS) is 9.55. The van der Waals surface area contributed by atoms with Gasteiger partial charge in [-0.15, -0.1) is 11.8 Å². The molecule has 0 aliphatic rings. The smallest absolute Gasteiger partial charge is 0.251 e. The van der Waals surface area contributed by atoms with Crippen LogP contribution >= 0.6 is 11.8 Å². The molecule has 1 heterocycles. The second kappa shape index (κ2) is 3.39. The van der Waals surface area contributed by atoms with Crippen LogP contribution < -0.4 is 5.73 Å². The average Bonchev–Trinajstić information content (AvgIpc) is 2.04. The predicted molar refractivity (Wildman–Crippen MR) is 44.5 cm³/mol. The molecule has 1 aromatic heterocycles. The summed E-state index contributed by atoms with van der Waals surface area (Å²) in [7, 11) is 0. The van der Waals surface area contributed by atoms with Crippen molar-refractivity contribution >= 4 is 17.7 Å². The lowest BCUT2D eigenvalue weighted by Crippen LogP contribution is -2.12. The van der Waals surface area contributed by atoms with E-state index in [-0.39, 0.29) is 0 Å². The van der Waals surface area contributed by atoms with Gasteiger partial charge in [0.2, 0.25) is 0 Å². The van der Waals surface area contributed by atoms with E-state index in [0.717, 1.165) is 0 Å². The molecule has 0 saturated carbocycles. The van der Waals surface area contributed by atoms with Crippen molar-refractivity contribution < 1.29 is 4.79 Å². The first-order chi connectivity index (χ1) is 5.25. The van der Waals surface area contributed by atoms with Gasteiger partial charge in [-0.25, -0.2) is 4.98 Å². The fourth-order valence-electron chi connectivity index (χ4n) is 0.741. The Bertz CT molecular complexity index is 275. The van der Waals surface area contributed by atoms with E-state index in [9.17, 15) is 4.79 Å². The first-order valence-corrected chi connectivity index (χ1v) is 4.27. The number of amides is 1. The quantitative estimate of drug-likeness (QED) is 0.667. The molecule has 3 nitrogen and oxygen atoms in total. The van der Waals surface area contributed by atoms with Gasteiger partial charge in [-0.1, -0.05) is 0 Å². The zero-order chi connectivity index (χ0) is 8.27. The summed E-state index contributed by atoms with van der Waals surface area (Å²) in [6.07, 6.45) is 3.49. The Morgan fingerprint density at radius 1 is 1.73 bits per heavy atom. The van der Waals surface area contributed by atoms with Crippen LogP contribution in [0.15, 0.2) is 23.4 Å². The zero-order valence-electron chi connectivity index (χ0n) is 6.07. The van der Waals surface area contributed by atoms with E-state index in [0.29, 0.717) is 10.6 Å². The molecule has 1 rings (SSSR count). The highest BCUT2D eigenvalue weighted by Gasteiger charge is 2.05. The van der Waals surface area contributed by atoms with Crippen LogP contribution in [0.25, 0.3) is 0 Å². The number of hydrogen-bond acceptors (Lipinski definition) is 3. The standard InChI is InChI=1S/C7H8N2OS/c1-11-7-5(6(8)10)3-2-4-9-7/h2-4H,1H3,(H2,8,10). The van der Waals surface area contributed by atoms with Gasteiger partial charge in [0.25, 0.3) is 5.91 Å². The minimum absolute atomic E-state index is 0.428. The number of rotatable bonds is 2. The monoisotopic (exact) mass is 168 g/mol. The molecule has 0 fully saturated rings. The maximum atomic E-state index is 10.7. The van der Waals surface area contributed by atoms with Crippen LogP contribution in [-0.4, -0.2) is 17.1 Å². The topological polar surface area (TPSA) is 56.0 Å². The van der Waals surface area contributed by atoms with Crippen molar-refractivity contribution in [1.82, 2.24) is 4.98 Å². The summed E-state index contributed by atoms with van der Waals surface area (Å²) in [6.45, 7) is 0. The SMILES string of the molecule is CSc1ncccc1C(N)=O. The van der Waals surface area contributed by atoms with Crippen molar-refractivity contribution in [3.63, 3.8) is 0 Å². The molecule has 58 valence electrons. The molecular weight excluding hydrogens is 160 g/mol. The summed E-state index contributed by atoms with van der Waals surface area (Å²) in [6, 6.07) is 3.36. The van der Waals surface area contributed by atoms with Crippen LogP contribution in [0.3, 0.4) is 0 Å². The molecule has 0 spiro atoms. The lowest BCUT2D eigenvalue weighted by molar-refractivity contribution is 0.0997. The molecule has 0 radical (unpaired) electrons. The molecule has 2 N–H and O–H groups in total. The number of primary amides is 1. The van der Waals surface area contributed by atoms with Gasteiger partial charge < -0.3 is 5.73 Å². The second-order valence-electron chi connectivity index (χ2n) is 1.92. The lowest BCUT2D eigenvalue weighted by Gasteiger charge is -1.99. The molecule has 0 unspecified atom stereocenters. The third kappa shape index (κ3) is 1.71. The van der Waals surface area contributed by atoms with Crippen molar-refractivity contribution in [2.75, 3.05) is 6.26 Å². The van der Waals surface area contributed by atoms with Gasteiger partial charge in [0, 0.05) is 6.20 Å². The van der Waals surface area contributed by atoms with E-state index in [1.807, 2.05) is 6.26 Å². The Morgan fingerprint density at radius 3 is 2.91 bits per heavy atom. The molecule has 0 aliphatic carbocycles. The summed E-state index contributed by atoms with van der Waals surface area (Å²) in [5.74, 6) is -0.428. The van der Waals surface area contributed by atoms with Crippen molar-refractivity contribution in [1.29, 1.82) is 0 Å². The van der Waals surface area contributed by atoms with Gasteiger partial charge >= 0.3 is 0 Å². The van der Waals surface area contributed by atoms with E-state index in [4.69, 9.17) is 5.73 Å². The highest BCUT2D eigenvalue weighted by molar-refractivity contribution is 7.98. The number of pyridine rings is 1. The van der Waals surface area contributed by atoms with Crippen LogP contribution in [0.2, 0.25) is 0 Å². The predicted octanol–water partition coefficient (Wildman–Crippen LogP) is 0.902. The highest BCUT2D eigenvalue weighted by atomic mass is 32.2. The third-order valence-electron chi connectivity index (χ3n) is 1.23. The second-order valence-corrected chi connectivity index (χ2v) is 2.72. The van der Waals surface area contributed by atoms with E-state index < -0.39 is 5.91 Å². The molecular formula is C7H8N2OS. The van der Waals surface area contributed by atoms with E-state index in [2.05, 4.69) is 4.98 Å². The Hall–Kier alpha value is -1.03. The van der Waals surface area contributed by atoms with Crippen LogP contribution in [0.1, 0.15) is 10.4 Å². The fraction of sp³-hybridized carbons (Fsp3) is 0.143. The molecule has 1 aromatic rings. The van der Waals surface area contributed by atoms with Gasteiger partial charge in [0.1, 0.15) is 5.03 Å². The van der Waals surface area contributed by atoms with Crippen molar-refractivity contribution in [2.45, 2.75) is 5.03 Å². The van der Waals surface area contributed by atoms with Crippen LogP contribution in [0.4, 0.5) is 0 Å². The third-order valence-corrected chi connectivity index (χ3v) is 1.94. The zero-order valence-corrected chi connectivity index (χ0v) is 6.89. The molecule has 4 heteroatoms. The Labute approximate surface area is 69.0 Å². The number of carbonyl (C=O) groups is 1. The van der Waals surface area contributed by atoms with Gasteiger partial charge in [0.15, 0.2) is 0 Å². The molecule has 0 aromatic carbocycles. The number of nitrogens with zero attached hydrogens (tertiary/aromatic N) is 1. The van der Waals surface area contributed by atoms with Gasteiger partial charge in [-0.05, 0) is 18.4 Å². The molecule has 0 saturated heterocycles. The van der Waals surface area contributed by atoms with E-state index >= 15 is 0 Å². The maximum Gasteiger partial charge on any atom is 0.251 e. The average molecular weight is 168 g/mol. The molecule has 1 amide bonds. The van der Waals surface area contributed by atoms with Crippen molar-refractivity contribution in [3.8, 4) is 0 Å². The van der Waals surface area contributed by atoms with Gasteiger partial charge in [-0.2, -0.15) is 0 Å². The number of carbonyl (C=O) groups excluding carboxylic acids is 1. The van der Waals surface area contributed by atoms with Gasteiger partial charge in [-0.3, -0.25) is 4.79 Å². The summed E-state index contributed by atoms with van der Waals surface area (Å²) < 4.78 is 0. The summed E-state index contributed by atoms with van der Waals surface area (Å²) in [5.41, 5.74) is 5.58. The van der Waals surface area contributed by atoms with Crippen LogP contribution in [-0.2, 0) is 0 Å². The molecule has 0 aliphatic heterocycles. The van der Waals surface area contributed by atoms with Crippen LogP contribution in [0, 0.1) is 0 Å². The Balaban J connectivity index is 3.12. The van der Waals surface area contributed by atoms with Gasteiger partial charge in [0.05, 0.1) is 5.56 Å². The summed E-state index contributed by atoms with van der Waals surface area (Å²) in [4.78, 5) is 14.7. The minimum atomic E-state index is -0.428. The van der Waals surface area contributed by atoms with Crippen molar-refractivity contribution in [2.24, 2.45) is 5.73 Å². The van der Waals surface area contributed by atoms with Crippen LogP contribution in [0.5, 0.6) is 0 Å². The number of hydrogen-bond donors (Lipinski definition) is 1. The highest BCUT2D eigenvalue weighted by Crippen LogP contribution is 2.15. The van der Waals surface area contributed by atoms with E-state index in [1.54, 1.807) is 18.3 Å². The summed E-state index contributed by atoms with van der Waals surface area (Å²) in [5, 5.41) is 0.681. The molecule has 0 atom stereocenters. The minimum Gasteiger partial charge on any atom is -0.366 e. The largest absolute Gasteiger partial charge is 0.366 e. The number of nitrogens with two attached hydrogens (primary N) is 1. The molecule has 0 bridgehead atoms. The van der Waals surface area contributed by atoms with Crippen molar-refractivity contribution in [3.05, 3.63) is 23.9 Å². The number of aromatic nitrogens is 1. The fourth-order valence-corrected chi connectivity index (χ4v) is 1.30. The maximum absolute atomic E-state index is 10.7. The Kier molecular flexibility index (Phi) is 2.48.